The molecule has 4 heteroatoms. The molecule has 0 spiro atoms. The zero-order chi connectivity index (χ0) is 15.4. The summed E-state index contributed by atoms with van der Waals surface area (Å²) in [7, 11) is 1.05. The van der Waals surface area contributed by atoms with E-state index in [0.29, 0.717) is 5.92 Å². The Bertz CT molecular complexity index is 463. The van der Waals surface area contributed by atoms with Crippen molar-refractivity contribution < 1.29 is 8.95 Å². The molecule has 1 aromatic rings. The molecule has 0 saturated carbocycles. The molecule has 1 aliphatic rings. The van der Waals surface area contributed by atoms with Crippen LogP contribution in [0.5, 0.6) is 0 Å². The summed E-state index contributed by atoms with van der Waals surface area (Å²) in [6.07, 6.45) is 1.00. The largest absolute Gasteiger partial charge is 0.377 e. The standard InChI is InChI=1S/C17H27NO2S/c1-12(2)17(21(19)15-10-11-20-13(15)3)16(18-4)14-8-6-5-7-9-14/h5-9,12-13,15-18H,10-11H2,1-4H3. The maximum atomic E-state index is 13.2. The SMILES string of the molecule is CNC(c1ccccc1)C(C(C)C)S(=O)C1CCOC1C. The maximum Gasteiger partial charge on any atom is 0.0691 e. The molecular weight excluding hydrogens is 282 g/mol. The van der Waals surface area contributed by atoms with Crippen molar-refractivity contribution in [3.63, 3.8) is 0 Å². The molecule has 0 radical (unpaired) electrons. The fraction of sp³-hybridized carbons (Fsp3) is 0.647. The lowest BCUT2D eigenvalue weighted by molar-refractivity contribution is 0.126. The van der Waals surface area contributed by atoms with Gasteiger partial charge in [0.1, 0.15) is 0 Å². The first-order valence-electron chi connectivity index (χ1n) is 7.79. The van der Waals surface area contributed by atoms with Crippen molar-refractivity contribution >= 4 is 10.8 Å². The second kappa shape index (κ2) is 7.52. The molecule has 1 saturated heterocycles. The van der Waals surface area contributed by atoms with Gasteiger partial charge >= 0.3 is 0 Å². The first-order chi connectivity index (χ1) is 10.1. The predicted molar refractivity (Wildman–Crippen MR) is 88.8 cm³/mol. The second-order valence-electron chi connectivity index (χ2n) is 6.12. The Morgan fingerprint density at radius 2 is 1.95 bits per heavy atom. The predicted octanol–water partition coefficient (Wildman–Crippen LogP) is 2.90. The van der Waals surface area contributed by atoms with E-state index in [-0.39, 0.29) is 22.6 Å². The van der Waals surface area contributed by atoms with Crippen LogP contribution in [0.25, 0.3) is 0 Å². The van der Waals surface area contributed by atoms with Gasteiger partial charge in [-0.1, -0.05) is 44.2 Å². The lowest BCUT2D eigenvalue weighted by Gasteiger charge is -2.32. The van der Waals surface area contributed by atoms with Gasteiger partial charge in [0.25, 0.3) is 0 Å². The minimum Gasteiger partial charge on any atom is -0.377 e. The monoisotopic (exact) mass is 309 g/mol. The van der Waals surface area contributed by atoms with E-state index in [0.717, 1.165) is 13.0 Å². The molecule has 2 rings (SSSR count). The Balaban J connectivity index is 2.26. The molecule has 0 aromatic heterocycles. The smallest absolute Gasteiger partial charge is 0.0691 e. The van der Waals surface area contributed by atoms with Gasteiger partial charge < -0.3 is 10.1 Å². The number of hydrogen-bond donors (Lipinski definition) is 1. The van der Waals surface area contributed by atoms with Crippen molar-refractivity contribution in [2.45, 2.75) is 49.8 Å². The van der Waals surface area contributed by atoms with Crippen LogP contribution in [0.2, 0.25) is 0 Å². The first-order valence-corrected chi connectivity index (χ1v) is 9.07. The van der Waals surface area contributed by atoms with Gasteiger partial charge in [-0.15, -0.1) is 0 Å². The lowest BCUT2D eigenvalue weighted by atomic mass is 9.96. The van der Waals surface area contributed by atoms with Crippen LogP contribution in [0.1, 0.15) is 38.8 Å². The highest BCUT2D eigenvalue weighted by molar-refractivity contribution is 7.86. The lowest BCUT2D eigenvalue weighted by Crippen LogP contribution is -2.42. The van der Waals surface area contributed by atoms with E-state index in [1.165, 1.54) is 5.56 Å². The molecule has 0 amide bonds. The van der Waals surface area contributed by atoms with E-state index < -0.39 is 10.8 Å². The van der Waals surface area contributed by atoms with Crippen LogP contribution in [0.3, 0.4) is 0 Å². The van der Waals surface area contributed by atoms with Gasteiger partial charge in [0.05, 0.1) is 16.6 Å². The Morgan fingerprint density at radius 3 is 2.43 bits per heavy atom. The van der Waals surface area contributed by atoms with Gasteiger partial charge in [-0.25, -0.2) is 0 Å². The van der Waals surface area contributed by atoms with Gasteiger partial charge in [0, 0.05) is 23.4 Å². The summed E-state index contributed by atoms with van der Waals surface area (Å²) in [6, 6.07) is 10.4. The van der Waals surface area contributed by atoms with Gasteiger partial charge in [0.15, 0.2) is 0 Å². The highest BCUT2D eigenvalue weighted by Crippen LogP contribution is 2.31. The van der Waals surface area contributed by atoms with Crippen LogP contribution in [0, 0.1) is 5.92 Å². The number of benzene rings is 1. The Morgan fingerprint density at radius 1 is 1.29 bits per heavy atom. The highest BCUT2D eigenvalue weighted by Gasteiger charge is 2.38. The minimum atomic E-state index is -0.911. The Kier molecular flexibility index (Phi) is 5.97. The third-order valence-electron chi connectivity index (χ3n) is 4.33. The molecule has 0 aliphatic carbocycles. The van der Waals surface area contributed by atoms with Gasteiger partial charge in [-0.3, -0.25) is 4.21 Å². The Labute approximate surface area is 130 Å². The van der Waals surface area contributed by atoms with Crippen molar-refractivity contribution in [2.24, 2.45) is 5.92 Å². The number of rotatable bonds is 6. The van der Waals surface area contributed by atoms with E-state index in [2.05, 4.69) is 31.3 Å². The maximum absolute atomic E-state index is 13.2. The highest BCUT2D eigenvalue weighted by atomic mass is 32.2. The molecule has 21 heavy (non-hydrogen) atoms. The summed E-state index contributed by atoms with van der Waals surface area (Å²) in [4.78, 5) is 0. The molecule has 5 atom stereocenters. The summed E-state index contributed by atoms with van der Waals surface area (Å²) in [5.74, 6) is 0.344. The third-order valence-corrected chi connectivity index (χ3v) is 6.90. The van der Waals surface area contributed by atoms with E-state index >= 15 is 0 Å². The van der Waals surface area contributed by atoms with Crippen LogP contribution in [-0.2, 0) is 15.5 Å². The zero-order valence-electron chi connectivity index (χ0n) is 13.4. The second-order valence-corrected chi connectivity index (χ2v) is 7.92. The fourth-order valence-corrected chi connectivity index (χ4v) is 5.47. The van der Waals surface area contributed by atoms with E-state index in [4.69, 9.17) is 4.74 Å². The average Bonchev–Trinajstić information content (AvgIpc) is 2.90. The molecule has 5 unspecified atom stereocenters. The van der Waals surface area contributed by atoms with Crippen molar-refractivity contribution in [1.82, 2.24) is 5.32 Å². The molecule has 118 valence electrons. The van der Waals surface area contributed by atoms with Crippen LogP contribution >= 0.6 is 0 Å². The van der Waals surface area contributed by atoms with Crippen LogP contribution < -0.4 is 5.32 Å². The van der Waals surface area contributed by atoms with Gasteiger partial charge in [0.2, 0.25) is 0 Å². The topological polar surface area (TPSA) is 38.3 Å². The van der Waals surface area contributed by atoms with Crippen molar-refractivity contribution in [3.8, 4) is 0 Å². The summed E-state index contributed by atoms with van der Waals surface area (Å²) in [5.41, 5.74) is 1.21. The van der Waals surface area contributed by atoms with Crippen LogP contribution in [-0.4, -0.2) is 34.5 Å². The zero-order valence-corrected chi connectivity index (χ0v) is 14.2. The Hall–Kier alpha value is -0.710. The summed E-state index contributed by atoms with van der Waals surface area (Å²) >= 11 is 0. The molecule has 1 fully saturated rings. The average molecular weight is 309 g/mol. The van der Waals surface area contributed by atoms with Crippen molar-refractivity contribution in [1.29, 1.82) is 0 Å². The molecule has 0 bridgehead atoms. The summed E-state index contributed by atoms with van der Waals surface area (Å²) in [6.45, 7) is 7.11. The molecule has 1 aliphatic heterocycles. The molecule has 1 N–H and O–H groups in total. The fourth-order valence-electron chi connectivity index (χ4n) is 3.19. The molecular formula is C17H27NO2S. The van der Waals surface area contributed by atoms with Crippen LogP contribution in [0.4, 0.5) is 0 Å². The van der Waals surface area contributed by atoms with E-state index in [9.17, 15) is 4.21 Å². The number of hydrogen-bond acceptors (Lipinski definition) is 3. The molecule has 1 heterocycles. The van der Waals surface area contributed by atoms with Crippen molar-refractivity contribution in [3.05, 3.63) is 35.9 Å². The normalized spacial score (nSPS) is 26.7. The third kappa shape index (κ3) is 3.74. The first kappa shape index (κ1) is 16.7. The van der Waals surface area contributed by atoms with E-state index in [1.807, 2.05) is 32.2 Å². The van der Waals surface area contributed by atoms with Crippen LogP contribution in [0.15, 0.2) is 30.3 Å². The van der Waals surface area contributed by atoms with Gasteiger partial charge in [-0.05, 0) is 31.9 Å². The molecule has 1 aromatic carbocycles. The minimum absolute atomic E-state index is 0.0894. The summed E-state index contributed by atoms with van der Waals surface area (Å²) < 4.78 is 18.8. The quantitative estimate of drug-likeness (QED) is 0.878. The number of nitrogens with one attached hydrogen (secondary N) is 1. The van der Waals surface area contributed by atoms with E-state index in [1.54, 1.807) is 0 Å². The van der Waals surface area contributed by atoms with Gasteiger partial charge in [-0.2, -0.15) is 0 Å². The number of ether oxygens (including phenoxy) is 1. The van der Waals surface area contributed by atoms with Crippen molar-refractivity contribution in [2.75, 3.05) is 13.7 Å². The summed E-state index contributed by atoms with van der Waals surface area (Å²) in [5, 5.41) is 3.62. The molecule has 3 nitrogen and oxygen atoms in total.